The number of hydrogen-bond acceptors (Lipinski definition) is 7. The fourth-order valence-electron chi connectivity index (χ4n) is 1.81. The highest BCUT2D eigenvalue weighted by Gasteiger charge is 2.28. The quantitative estimate of drug-likeness (QED) is 0.723. The molecule has 7 nitrogen and oxygen atoms in total. The van der Waals surface area contributed by atoms with Gasteiger partial charge in [-0.1, -0.05) is 6.08 Å². The number of nitrogens with two attached hydrogens (primary N) is 1. The number of aromatic nitrogens is 2. The van der Waals surface area contributed by atoms with E-state index in [0.717, 1.165) is 12.1 Å². The van der Waals surface area contributed by atoms with Gasteiger partial charge in [0.05, 0.1) is 18.5 Å². The Morgan fingerprint density at radius 3 is 3.22 bits per heavy atom. The summed E-state index contributed by atoms with van der Waals surface area (Å²) in [5.41, 5.74) is 6.87. The molecular formula is C10H11N5O2S. The Balaban J connectivity index is 2.11. The van der Waals surface area contributed by atoms with Crippen molar-refractivity contribution in [2.45, 2.75) is 11.3 Å². The van der Waals surface area contributed by atoms with Gasteiger partial charge in [-0.2, -0.15) is 5.17 Å². The van der Waals surface area contributed by atoms with Gasteiger partial charge in [0.1, 0.15) is 4.90 Å². The van der Waals surface area contributed by atoms with Crippen LogP contribution in [0.5, 0.6) is 0 Å². The number of allylic oxidation sites excluding steroid dienone is 1. The average molecular weight is 265 g/mol. The summed E-state index contributed by atoms with van der Waals surface area (Å²) >= 11 is 1.26. The highest BCUT2D eigenvalue weighted by Crippen LogP contribution is 2.38. The van der Waals surface area contributed by atoms with Crippen molar-refractivity contribution in [1.82, 2.24) is 19.6 Å². The van der Waals surface area contributed by atoms with Crippen LogP contribution in [-0.4, -0.2) is 26.7 Å². The van der Waals surface area contributed by atoms with Crippen LogP contribution >= 0.6 is 11.9 Å². The fraction of sp³-hybridized carbons (Fsp3) is 0.200. The molecule has 0 atom stereocenters. The Hall–Kier alpha value is -1.93. The molecule has 0 amide bonds. The lowest BCUT2D eigenvalue weighted by molar-refractivity contribution is -0.177. The van der Waals surface area contributed by atoms with Crippen LogP contribution in [0, 0.1) is 0 Å². The van der Waals surface area contributed by atoms with Gasteiger partial charge in [0.25, 0.3) is 5.56 Å². The zero-order valence-electron chi connectivity index (χ0n) is 9.58. The van der Waals surface area contributed by atoms with Crippen LogP contribution in [0.1, 0.15) is 12.1 Å². The summed E-state index contributed by atoms with van der Waals surface area (Å²) in [6, 6.07) is 0. The summed E-state index contributed by atoms with van der Waals surface area (Å²) in [6.07, 6.45) is 6.36. The summed E-state index contributed by atoms with van der Waals surface area (Å²) < 4.78 is 1.80. The number of hydroxylamine groups is 1. The van der Waals surface area contributed by atoms with Crippen LogP contribution in [0.25, 0.3) is 6.08 Å². The zero-order chi connectivity index (χ0) is 12.7. The Morgan fingerprint density at radius 1 is 1.61 bits per heavy atom. The van der Waals surface area contributed by atoms with Gasteiger partial charge in [-0.15, -0.1) is 0 Å². The highest BCUT2D eigenvalue weighted by molar-refractivity contribution is 7.97. The topological polar surface area (TPSA) is 87.5 Å². The smallest absolute Gasteiger partial charge is 0.268 e. The second-order valence-corrected chi connectivity index (χ2v) is 4.68. The molecule has 0 saturated heterocycles. The summed E-state index contributed by atoms with van der Waals surface area (Å²) in [6.45, 7) is 0. The molecule has 3 rings (SSSR count). The molecule has 0 aromatic carbocycles. The van der Waals surface area contributed by atoms with E-state index in [-0.39, 0.29) is 11.5 Å². The Kier molecular flexibility index (Phi) is 2.53. The van der Waals surface area contributed by atoms with Gasteiger partial charge in [-0.3, -0.25) is 14.6 Å². The lowest BCUT2D eigenvalue weighted by Gasteiger charge is -2.37. The molecule has 3 heterocycles. The molecule has 94 valence electrons. The number of nitrogen functional groups attached to an aromatic ring is 1. The lowest BCUT2D eigenvalue weighted by Crippen LogP contribution is -2.36. The van der Waals surface area contributed by atoms with Crippen LogP contribution in [0.2, 0.25) is 0 Å². The van der Waals surface area contributed by atoms with Gasteiger partial charge in [-0.05, 0) is 6.08 Å². The number of H-pyrrole nitrogens is 1. The molecule has 18 heavy (non-hydrogen) atoms. The lowest BCUT2D eigenvalue weighted by atomic mass is 10.2. The van der Waals surface area contributed by atoms with Crippen LogP contribution in [0.3, 0.4) is 0 Å². The number of fused-ring (bicyclic) bond motifs is 2. The van der Waals surface area contributed by atoms with E-state index >= 15 is 0 Å². The molecule has 1 aromatic heterocycles. The minimum absolute atomic E-state index is 0.125. The van der Waals surface area contributed by atoms with Crippen molar-refractivity contribution in [1.29, 1.82) is 0 Å². The van der Waals surface area contributed by atoms with E-state index in [9.17, 15) is 4.79 Å². The zero-order valence-corrected chi connectivity index (χ0v) is 10.4. The summed E-state index contributed by atoms with van der Waals surface area (Å²) in [7, 11) is 1.56. The molecule has 2 aliphatic rings. The first-order chi connectivity index (χ1) is 8.69. The van der Waals surface area contributed by atoms with Gasteiger partial charge < -0.3 is 5.73 Å². The van der Waals surface area contributed by atoms with Crippen molar-refractivity contribution in [2.75, 3.05) is 12.8 Å². The summed E-state index contributed by atoms with van der Waals surface area (Å²) in [5, 5.41) is 1.55. The number of aromatic amines is 1. The maximum Gasteiger partial charge on any atom is 0.268 e. The molecule has 0 fully saturated rings. The van der Waals surface area contributed by atoms with Crippen LogP contribution in [-0.2, 0) is 4.84 Å². The number of nitrogens with one attached hydrogen (secondary N) is 1. The van der Waals surface area contributed by atoms with Crippen molar-refractivity contribution in [2.24, 2.45) is 0 Å². The van der Waals surface area contributed by atoms with Crippen LogP contribution < -0.4 is 11.3 Å². The van der Waals surface area contributed by atoms with Crippen molar-refractivity contribution in [3.63, 3.8) is 0 Å². The van der Waals surface area contributed by atoms with Crippen molar-refractivity contribution in [3.05, 3.63) is 34.0 Å². The minimum atomic E-state index is -0.247. The van der Waals surface area contributed by atoms with E-state index in [1.54, 1.807) is 22.9 Å². The molecule has 0 spiro atoms. The Labute approximate surface area is 107 Å². The van der Waals surface area contributed by atoms with Gasteiger partial charge in [0.2, 0.25) is 5.95 Å². The maximum absolute atomic E-state index is 11.8. The normalized spacial score (nSPS) is 17.3. The van der Waals surface area contributed by atoms with Crippen molar-refractivity contribution >= 4 is 24.0 Å². The number of hydrazine groups is 1. The van der Waals surface area contributed by atoms with E-state index in [1.807, 2.05) is 12.2 Å². The van der Waals surface area contributed by atoms with Gasteiger partial charge in [0.15, 0.2) is 0 Å². The van der Waals surface area contributed by atoms with E-state index in [1.165, 1.54) is 11.9 Å². The third-order valence-corrected chi connectivity index (χ3v) is 3.72. The standard InChI is InChI=1S/C10H11N5O2S/c1-17-14-4-2-3-6-5-7-8(18-15(6)14)9(16)13-10(11)12-7/h2,4-5H,3H2,1H3,(H3,11,12,13,16). The van der Waals surface area contributed by atoms with Gasteiger partial charge in [0, 0.05) is 24.6 Å². The third kappa shape index (κ3) is 1.66. The first kappa shape index (κ1) is 11.2. The fourth-order valence-corrected chi connectivity index (χ4v) is 2.76. The van der Waals surface area contributed by atoms with Gasteiger partial charge >= 0.3 is 0 Å². The molecule has 8 heteroatoms. The number of anilines is 1. The van der Waals surface area contributed by atoms with Crippen LogP contribution in [0.15, 0.2) is 27.7 Å². The van der Waals surface area contributed by atoms with E-state index in [0.29, 0.717) is 10.6 Å². The molecule has 0 unspecified atom stereocenters. The number of nitrogens with zero attached hydrogens (tertiary/aromatic N) is 3. The van der Waals surface area contributed by atoms with E-state index in [4.69, 9.17) is 10.6 Å². The molecular weight excluding hydrogens is 254 g/mol. The minimum Gasteiger partial charge on any atom is -0.369 e. The molecule has 0 bridgehead atoms. The molecule has 0 saturated carbocycles. The molecule has 0 aliphatic carbocycles. The highest BCUT2D eigenvalue weighted by atomic mass is 32.2. The van der Waals surface area contributed by atoms with E-state index in [2.05, 4.69) is 9.97 Å². The first-order valence-corrected chi connectivity index (χ1v) is 6.05. The monoisotopic (exact) mass is 265 g/mol. The maximum atomic E-state index is 11.8. The largest absolute Gasteiger partial charge is 0.369 e. The predicted molar refractivity (Wildman–Crippen MR) is 67.5 cm³/mol. The van der Waals surface area contributed by atoms with E-state index < -0.39 is 0 Å². The second kappa shape index (κ2) is 4.07. The third-order valence-electron chi connectivity index (χ3n) is 2.57. The van der Waals surface area contributed by atoms with Gasteiger partial charge in [-0.25, -0.2) is 9.40 Å². The Morgan fingerprint density at radius 2 is 2.44 bits per heavy atom. The SMILES string of the molecule is CON1C=CCC2=Cc3nc(N)[nH]c(=O)c3SN21. The molecule has 2 aliphatic heterocycles. The second-order valence-electron chi connectivity index (χ2n) is 3.74. The van der Waals surface area contributed by atoms with Crippen molar-refractivity contribution in [3.8, 4) is 0 Å². The summed E-state index contributed by atoms with van der Waals surface area (Å²) in [5.74, 6) is 0.125. The summed E-state index contributed by atoms with van der Waals surface area (Å²) in [4.78, 5) is 24.1. The molecule has 3 N–H and O–H groups in total. The predicted octanol–water partition coefficient (Wildman–Crippen LogP) is 0.712. The van der Waals surface area contributed by atoms with Crippen molar-refractivity contribution < 1.29 is 4.84 Å². The average Bonchev–Trinajstić information content (AvgIpc) is 2.36. The molecule has 1 aromatic rings. The molecule has 0 radical (unpaired) electrons. The number of hydrogen-bond donors (Lipinski definition) is 2. The number of rotatable bonds is 1. The first-order valence-electron chi connectivity index (χ1n) is 5.27. The Bertz CT molecular complexity index is 609. The van der Waals surface area contributed by atoms with Crippen LogP contribution in [0.4, 0.5) is 5.95 Å².